The van der Waals surface area contributed by atoms with Gasteiger partial charge in [-0.05, 0) is 56.4 Å². The Bertz CT molecular complexity index is 646. The van der Waals surface area contributed by atoms with E-state index < -0.39 is 0 Å². The molecule has 0 radical (unpaired) electrons. The molecule has 0 atom stereocenters. The van der Waals surface area contributed by atoms with Crippen LogP contribution in [0.1, 0.15) is 50.9 Å². The Morgan fingerprint density at radius 1 is 1.33 bits per heavy atom. The number of hydrogen-bond donors (Lipinski definition) is 1. The fourth-order valence-electron chi connectivity index (χ4n) is 2.51. The van der Waals surface area contributed by atoms with Gasteiger partial charge in [-0.2, -0.15) is 5.10 Å². The molecule has 0 fully saturated rings. The Balaban J connectivity index is 1.64. The maximum atomic E-state index is 12.1. The molecule has 1 amide bonds. The number of hydrazone groups is 1. The maximum absolute atomic E-state index is 12.1. The average Bonchev–Trinajstić information content (AvgIpc) is 3.00. The van der Waals surface area contributed by atoms with Gasteiger partial charge < -0.3 is 4.42 Å². The maximum Gasteiger partial charge on any atom is 0.281 e. The molecule has 1 aliphatic carbocycles. The summed E-state index contributed by atoms with van der Waals surface area (Å²) in [6, 6.07) is 5.70. The van der Waals surface area contributed by atoms with Gasteiger partial charge in [0.05, 0.1) is 11.1 Å². The summed E-state index contributed by atoms with van der Waals surface area (Å²) in [5.74, 6) is 1.31. The quantitative estimate of drug-likeness (QED) is 0.534. The summed E-state index contributed by atoms with van der Waals surface area (Å²) in [5.41, 5.74) is 3.90. The molecule has 5 heteroatoms. The minimum Gasteiger partial charge on any atom is -0.460 e. The third kappa shape index (κ3) is 3.42. The molecule has 2 heterocycles. The highest BCUT2D eigenvalue weighted by molar-refractivity contribution is 7.14. The molecule has 1 N–H and O–H groups in total. The second-order valence-corrected chi connectivity index (χ2v) is 6.40. The largest absolute Gasteiger partial charge is 0.460 e. The predicted octanol–water partition coefficient (Wildman–Crippen LogP) is 3.68. The average molecular weight is 302 g/mol. The lowest BCUT2D eigenvalue weighted by Crippen LogP contribution is -2.16. The standard InChI is InChI=1S/C16H18N2O2S/c1-11-7-8-13(20-11)10-17-18-16(19)15-9-12-5-3-2-4-6-14(12)21-15/h7-10H,2-6H2,1H3,(H,18,19)/b17-10-. The normalized spacial score (nSPS) is 14.9. The van der Waals surface area contributed by atoms with Gasteiger partial charge in [0.15, 0.2) is 0 Å². The molecule has 3 rings (SSSR count). The molecule has 0 saturated heterocycles. The van der Waals surface area contributed by atoms with Crippen LogP contribution >= 0.6 is 11.3 Å². The van der Waals surface area contributed by atoms with E-state index in [-0.39, 0.29) is 5.91 Å². The van der Waals surface area contributed by atoms with Gasteiger partial charge in [0.2, 0.25) is 0 Å². The monoisotopic (exact) mass is 302 g/mol. The number of furan rings is 1. The first-order chi connectivity index (χ1) is 10.2. The Morgan fingerprint density at radius 3 is 3.00 bits per heavy atom. The number of fused-ring (bicyclic) bond motifs is 1. The van der Waals surface area contributed by atoms with Crippen molar-refractivity contribution in [2.45, 2.75) is 39.0 Å². The number of amides is 1. The van der Waals surface area contributed by atoms with Gasteiger partial charge in [0.25, 0.3) is 5.91 Å². The van der Waals surface area contributed by atoms with Gasteiger partial charge in [-0.15, -0.1) is 11.3 Å². The van der Waals surface area contributed by atoms with Crippen molar-refractivity contribution < 1.29 is 9.21 Å². The summed E-state index contributed by atoms with van der Waals surface area (Å²) in [5, 5.41) is 3.94. The molecular formula is C16H18N2O2S. The van der Waals surface area contributed by atoms with Gasteiger partial charge in [0.1, 0.15) is 11.5 Å². The number of carbonyl (C=O) groups excluding carboxylic acids is 1. The van der Waals surface area contributed by atoms with E-state index in [1.807, 2.05) is 25.1 Å². The van der Waals surface area contributed by atoms with E-state index in [1.165, 1.54) is 35.9 Å². The highest BCUT2D eigenvalue weighted by atomic mass is 32.1. The van der Waals surface area contributed by atoms with Crippen LogP contribution in [-0.2, 0) is 12.8 Å². The van der Waals surface area contributed by atoms with E-state index in [4.69, 9.17) is 4.42 Å². The van der Waals surface area contributed by atoms with Crippen LogP contribution in [0.5, 0.6) is 0 Å². The fourth-order valence-corrected chi connectivity index (χ4v) is 3.66. The molecule has 0 aliphatic heterocycles. The Labute approximate surface area is 127 Å². The zero-order valence-electron chi connectivity index (χ0n) is 12.0. The van der Waals surface area contributed by atoms with Gasteiger partial charge in [-0.1, -0.05) is 6.42 Å². The van der Waals surface area contributed by atoms with E-state index in [0.29, 0.717) is 5.76 Å². The van der Waals surface area contributed by atoms with Crippen molar-refractivity contribution in [3.8, 4) is 0 Å². The van der Waals surface area contributed by atoms with Crippen LogP contribution in [-0.4, -0.2) is 12.1 Å². The van der Waals surface area contributed by atoms with Crippen molar-refractivity contribution in [3.63, 3.8) is 0 Å². The zero-order chi connectivity index (χ0) is 14.7. The molecule has 0 spiro atoms. The first-order valence-corrected chi connectivity index (χ1v) is 8.05. The lowest BCUT2D eigenvalue weighted by atomic mass is 10.1. The number of nitrogens with one attached hydrogen (secondary N) is 1. The summed E-state index contributed by atoms with van der Waals surface area (Å²) < 4.78 is 5.35. The van der Waals surface area contributed by atoms with Crippen molar-refractivity contribution in [1.29, 1.82) is 0 Å². The van der Waals surface area contributed by atoms with E-state index >= 15 is 0 Å². The van der Waals surface area contributed by atoms with Gasteiger partial charge in [-0.3, -0.25) is 4.79 Å². The number of hydrogen-bond acceptors (Lipinski definition) is 4. The number of carbonyl (C=O) groups is 1. The molecule has 0 aromatic carbocycles. The van der Waals surface area contributed by atoms with Crippen LogP contribution < -0.4 is 5.43 Å². The first kappa shape index (κ1) is 14.1. The molecule has 0 unspecified atom stereocenters. The van der Waals surface area contributed by atoms with Crippen LogP contribution in [0.4, 0.5) is 0 Å². The summed E-state index contributed by atoms with van der Waals surface area (Å²) in [6.45, 7) is 1.87. The third-order valence-electron chi connectivity index (χ3n) is 3.59. The number of nitrogens with zero attached hydrogens (tertiary/aromatic N) is 1. The second-order valence-electron chi connectivity index (χ2n) is 5.27. The third-order valence-corrected chi connectivity index (χ3v) is 4.83. The second kappa shape index (κ2) is 6.26. The fraction of sp³-hybridized carbons (Fsp3) is 0.375. The highest BCUT2D eigenvalue weighted by Gasteiger charge is 2.16. The van der Waals surface area contributed by atoms with Crippen LogP contribution in [0, 0.1) is 6.92 Å². The van der Waals surface area contributed by atoms with Crippen molar-refractivity contribution >= 4 is 23.5 Å². The molecular weight excluding hydrogens is 284 g/mol. The Kier molecular flexibility index (Phi) is 4.20. The van der Waals surface area contributed by atoms with Crippen molar-refractivity contribution in [2.75, 3.05) is 0 Å². The van der Waals surface area contributed by atoms with Crippen molar-refractivity contribution in [2.24, 2.45) is 5.10 Å². The summed E-state index contributed by atoms with van der Waals surface area (Å²) >= 11 is 1.60. The van der Waals surface area contributed by atoms with Gasteiger partial charge >= 0.3 is 0 Å². The molecule has 0 saturated carbocycles. The van der Waals surface area contributed by atoms with E-state index in [1.54, 1.807) is 11.3 Å². The smallest absolute Gasteiger partial charge is 0.281 e. The number of thiophene rings is 1. The lowest BCUT2D eigenvalue weighted by molar-refractivity contribution is 0.0959. The minimum atomic E-state index is -0.146. The summed E-state index contributed by atoms with van der Waals surface area (Å²) in [7, 11) is 0. The van der Waals surface area contributed by atoms with Crippen molar-refractivity contribution in [1.82, 2.24) is 5.43 Å². The van der Waals surface area contributed by atoms with E-state index in [2.05, 4.69) is 10.5 Å². The summed E-state index contributed by atoms with van der Waals surface area (Å²) in [4.78, 5) is 14.2. The lowest BCUT2D eigenvalue weighted by Gasteiger charge is -1.95. The van der Waals surface area contributed by atoms with E-state index in [0.717, 1.165) is 23.5 Å². The molecule has 1 aliphatic rings. The SMILES string of the molecule is Cc1ccc(/C=N\NC(=O)c2cc3c(s2)CCCCC3)o1. The van der Waals surface area contributed by atoms with Crippen LogP contribution in [0.3, 0.4) is 0 Å². The van der Waals surface area contributed by atoms with Crippen molar-refractivity contribution in [3.05, 3.63) is 45.0 Å². The van der Waals surface area contributed by atoms with Gasteiger partial charge in [-0.25, -0.2) is 5.43 Å². The predicted molar refractivity (Wildman–Crippen MR) is 84.1 cm³/mol. The number of rotatable bonds is 3. The van der Waals surface area contributed by atoms with Crippen LogP contribution in [0.25, 0.3) is 0 Å². The van der Waals surface area contributed by atoms with Crippen LogP contribution in [0.2, 0.25) is 0 Å². The van der Waals surface area contributed by atoms with Crippen LogP contribution in [0.15, 0.2) is 27.7 Å². The highest BCUT2D eigenvalue weighted by Crippen LogP contribution is 2.28. The zero-order valence-corrected chi connectivity index (χ0v) is 12.8. The minimum absolute atomic E-state index is 0.146. The Morgan fingerprint density at radius 2 is 2.19 bits per heavy atom. The molecule has 0 bridgehead atoms. The van der Waals surface area contributed by atoms with E-state index in [9.17, 15) is 4.79 Å². The molecule has 2 aromatic heterocycles. The number of aryl methyl sites for hydroxylation is 3. The van der Waals surface area contributed by atoms with Gasteiger partial charge in [0, 0.05) is 4.88 Å². The molecule has 110 valence electrons. The Hall–Kier alpha value is -1.88. The molecule has 2 aromatic rings. The molecule has 21 heavy (non-hydrogen) atoms. The summed E-state index contributed by atoms with van der Waals surface area (Å²) in [6.07, 6.45) is 7.45. The topological polar surface area (TPSA) is 54.6 Å². The molecule has 4 nitrogen and oxygen atoms in total. The first-order valence-electron chi connectivity index (χ1n) is 7.24.